The lowest BCUT2D eigenvalue weighted by Gasteiger charge is -2.04. The van der Waals surface area contributed by atoms with Crippen LogP contribution in [-0.4, -0.2) is 26.3 Å². The van der Waals surface area contributed by atoms with Crippen LogP contribution in [0.5, 0.6) is 0 Å². The number of carbonyl (C=O) groups excluding carboxylic acids is 1. The molecular formula is C21H14N4OS4. The molecule has 0 N–H and O–H groups in total. The predicted molar refractivity (Wildman–Crippen MR) is 124 cm³/mol. The Morgan fingerprint density at radius 2 is 1.87 bits per heavy atom. The second-order valence-corrected chi connectivity index (χ2v) is 9.87. The molecule has 30 heavy (non-hydrogen) atoms. The van der Waals surface area contributed by atoms with Gasteiger partial charge in [0.25, 0.3) is 0 Å². The Balaban J connectivity index is 1.45. The van der Waals surface area contributed by atoms with E-state index in [-0.39, 0.29) is 11.5 Å². The Labute approximate surface area is 190 Å². The Bertz CT molecular complexity index is 1260. The molecule has 2 aromatic carbocycles. The summed E-state index contributed by atoms with van der Waals surface area (Å²) in [7, 11) is 0. The van der Waals surface area contributed by atoms with Crippen molar-refractivity contribution in [3.63, 3.8) is 0 Å². The number of nitrogens with zero attached hydrogens (tertiary/aromatic N) is 4. The van der Waals surface area contributed by atoms with Crippen molar-refractivity contribution in [2.45, 2.75) is 10.3 Å². The highest BCUT2D eigenvalue weighted by Gasteiger charge is 2.24. The molecule has 0 fully saturated rings. The van der Waals surface area contributed by atoms with Crippen LogP contribution >= 0.6 is 46.7 Å². The predicted octanol–water partition coefficient (Wildman–Crippen LogP) is 5.76. The fourth-order valence-electron chi connectivity index (χ4n) is 2.69. The molecule has 0 aliphatic heterocycles. The number of rotatable bonds is 7. The molecule has 0 amide bonds. The molecule has 2 heterocycles. The molecule has 0 saturated heterocycles. The van der Waals surface area contributed by atoms with Crippen molar-refractivity contribution < 1.29 is 4.79 Å². The number of benzene rings is 2. The minimum atomic E-state index is -0.885. The highest BCUT2D eigenvalue weighted by molar-refractivity contribution is 8.01. The van der Waals surface area contributed by atoms with E-state index >= 15 is 0 Å². The Morgan fingerprint density at radius 1 is 1.17 bits per heavy atom. The minimum Gasteiger partial charge on any atom is -0.297 e. The summed E-state index contributed by atoms with van der Waals surface area (Å²) >= 11 is 9.37. The van der Waals surface area contributed by atoms with E-state index in [2.05, 4.69) is 16.2 Å². The molecule has 4 rings (SSSR count). The highest BCUT2D eigenvalue weighted by atomic mass is 32.2. The molecule has 1 atom stereocenters. The number of hydrogen-bond acceptors (Lipinski definition) is 8. The summed E-state index contributed by atoms with van der Waals surface area (Å²) in [5.41, 5.74) is 2.61. The number of aromatic nitrogens is 3. The average Bonchev–Trinajstić information content (AvgIpc) is 3.41. The second kappa shape index (κ2) is 9.45. The maximum absolute atomic E-state index is 12.7. The Hall–Kier alpha value is -2.64. The first-order chi connectivity index (χ1) is 14.7. The summed E-state index contributed by atoms with van der Waals surface area (Å²) < 4.78 is 2.99. The van der Waals surface area contributed by atoms with Crippen molar-refractivity contribution in [2.75, 3.05) is 5.75 Å². The van der Waals surface area contributed by atoms with E-state index in [1.165, 1.54) is 34.4 Å². The molecule has 5 nitrogen and oxygen atoms in total. The molecule has 1 unspecified atom stereocenters. The normalized spacial score (nSPS) is 11.7. The number of nitriles is 1. The molecule has 0 aliphatic carbocycles. The van der Waals surface area contributed by atoms with E-state index < -0.39 is 5.92 Å². The summed E-state index contributed by atoms with van der Waals surface area (Å²) in [6, 6.07) is 21.4. The lowest BCUT2D eigenvalue weighted by molar-refractivity contribution is -0.116. The van der Waals surface area contributed by atoms with Crippen molar-refractivity contribution in [1.82, 2.24) is 14.8 Å². The molecular weight excluding hydrogens is 453 g/mol. The Morgan fingerprint density at radius 3 is 2.57 bits per heavy atom. The third-order valence-electron chi connectivity index (χ3n) is 4.16. The van der Waals surface area contributed by atoms with E-state index in [4.69, 9.17) is 12.2 Å². The van der Waals surface area contributed by atoms with E-state index in [1.54, 1.807) is 4.68 Å². The van der Waals surface area contributed by atoms with Crippen LogP contribution in [0.2, 0.25) is 0 Å². The minimum absolute atomic E-state index is 0.134. The van der Waals surface area contributed by atoms with Gasteiger partial charge in [-0.15, -0.1) is 16.4 Å². The lowest BCUT2D eigenvalue weighted by Crippen LogP contribution is -2.13. The number of Topliss-reactive ketones (excluding diaryl/α,β-unsaturated/α-hetero) is 1. The molecule has 0 spiro atoms. The maximum Gasteiger partial charge on any atom is 0.184 e. The average molecular weight is 467 g/mol. The number of thiazole rings is 1. The monoisotopic (exact) mass is 466 g/mol. The molecule has 9 heteroatoms. The van der Waals surface area contributed by atoms with Gasteiger partial charge in [0.2, 0.25) is 0 Å². The van der Waals surface area contributed by atoms with Crippen LogP contribution in [0.4, 0.5) is 0 Å². The van der Waals surface area contributed by atoms with Gasteiger partial charge < -0.3 is 0 Å². The smallest absolute Gasteiger partial charge is 0.184 e. The van der Waals surface area contributed by atoms with Gasteiger partial charge in [0.15, 0.2) is 20.0 Å². The molecule has 148 valence electrons. The van der Waals surface area contributed by atoms with Gasteiger partial charge in [0, 0.05) is 10.9 Å². The first-order valence-electron chi connectivity index (χ1n) is 8.87. The topological polar surface area (TPSA) is 71.6 Å². The number of thioether (sulfide) groups is 1. The fraction of sp³-hybridized carbons (Fsp3) is 0.0952. The molecule has 2 aromatic heterocycles. The van der Waals surface area contributed by atoms with Crippen molar-refractivity contribution in [3.05, 3.63) is 75.0 Å². The zero-order valence-electron chi connectivity index (χ0n) is 15.5. The molecule has 0 aliphatic rings. The van der Waals surface area contributed by atoms with Crippen molar-refractivity contribution in [2.24, 2.45) is 0 Å². The third-order valence-corrected chi connectivity index (χ3v) is 7.45. The van der Waals surface area contributed by atoms with Crippen LogP contribution in [0, 0.1) is 15.3 Å². The number of carbonyl (C=O) groups is 1. The number of hydrogen-bond donors (Lipinski definition) is 0. The van der Waals surface area contributed by atoms with Crippen LogP contribution in [0.3, 0.4) is 0 Å². The van der Waals surface area contributed by atoms with Crippen LogP contribution in [0.1, 0.15) is 10.9 Å². The van der Waals surface area contributed by atoms with E-state index in [9.17, 15) is 10.1 Å². The van der Waals surface area contributed by atoms with Crippen molar-refractivity contribution in [3.8, 4) is 23.0 Å². The lowest BCUT2D eigenvalue weighted by atomic mass is 10.1. The molecule has 0 radical (unpaired) electrons. The molecule has 4 aromatic rings. The maximum atomic E-state index is 12.7. The SMILES string of the molecule is N#CC(C(=O)CSc1nn(-c2ccccc2)c(=S)s1)c1nc(-c2ccccc2)cs1. The van der Waals surface area contributed by atoms with Gasteiger partial charge in [-0.1, -0.05) is 71.6 Å². The fourth-order valence-corrected chi connectivity index (χ4v) is 5.85. The van der Waals surface area contributed by atoms with Crippen LogP contribution in [0.15, 0.2) is 70.4 Å². The van der Waals surface area contributed by atoms with Crippen molar-refractivity contribution in [1.29, 1.82) is 5.26 Å². The highest BCUT2D eigenvalue weighted by Crippen LogP contribution is 2.29. The summed E-state index contributed by atoms with van der Waals surface area (Å²) in [5, 5.41) is 16.5. The van der Waals surface area contributed by atoms with Gasteiger partial charge in [-0.05, 0) is 24.4 Å². The van der Waals surface area contributed by atoms with E-state index in [0.717, 1.165) is 16.9 Å². The van der Waals surface area contributed by atoms with Crippen LogP contribution in [0.25, 0.3) is 16.9 Å². The van der Waals surface area contributed by atoms with E-state index in [0.29, 0.717) is 13.3 Å². The summed E-state index contributed by atoms with van der Waals surface area (Å²) in [6.07, 6.45) is 0. The standard InChI is InChI=1S/C21H14N4OS4/c22-11-16(19-23-17(12-28-19)14-7-3-1-4-8-14)18(26)13-29-20-24-25(21(27)30-20)15-9-5-2-6-10-15/h1-10,12,16H,13H2. The van der Waals surface area contributed by atoms with Crippen LogP contribution in [-0.2, 0) is 4.79 Å². The first kappa shape index (κ1) is 20.6. The van der Waals surface area contributed by atoms with Crippen molar-refractivity contribution >= 4 is 52.4 Å². The Kier molecular flexibility index (Phi) is 6.50. The largest absolute Gasteiger partial charge is 0.297 e. The zero-order chi connectivity index (χ0) is 20.9. The quantitative estimate of drug-likeness (QED) is 0.255. The zero-order valence-corrected chi connectivity index (χ0v) is 18.7. The van der Waals surface area contributed by atoms with Gasteiger partial charge in [-0.2, -0.15) is 5.26 Å². The summed E-state index contributed by atoms with van der Waals surface area (Å²) in [5.74, 6) is -0.941. The van der Waals surface area contributed by atoms with Crippen LogP contribution < -0.4 is 0 Å². The summed E-state index contributed by atoms with van der Waals surface area (Å²) in [4.78, 5) is 17.2. The third kappa shape index (κ3) is 4.57. The van der Waals surface area contributed by atoms with Gasteiger partial charge in [0.05, 0.1) is 23.2 Å². The number of para-hydroxylation sites is 1. The second-order valence-electron chi connectivity index (χ2n) is 6.14. The first-order valence-corrected chi connectivity index (χ1v) is 12.0. The molecule has 0 bridgehead atoms. The van der Waals surface area contributed by atoms with Gasteiger partial charge in [-0.25, -0.2) is 9.67 Å². The van der Waals surface area contributed by atoms with Gasteiger partial charge in [-0.3, -0.25) is 4.79 Å². The number of ketones is 1. The molecule has 0 saturated carbocycles. The van der Waals surface area contributed by atoms with Gasteiger partial charge in [0.1, 0.15) is 5.01 Å². The van der Waals surface area contributed by atoms with E-state index in [1.807, 2.05) is 66.0 Å². The summed E-state index contributed by atoms with van der Waals surface area (Å²) in [6.45, 7) is 0. The van der Waals surface area contributed by atoms with Gasteiger partial charge >= 0.3 is 0 Å².